The van der Waals surface area contributed by atoms with Gasteiger partial charge < -0.3 is 5.32 Å². The van der Waals surface area contributed by atoms with Crippen molar-refractivity contribution in [3.8, 4) is 0 Å². The minimum Gasteiger partial charge on any atom is -0.306 e. The second kappa shape index (κ2) is 6.65. The van der Waals surface area contributed by atoms with Crippen LogP contribution in [-0.2, 0) is 4.84 Å². The molecule has 1 aromatic rings. The summed E-state index contributed by atoms with van der Waals surface area (Å²) in [6.07, 6.45) is 1.52. The summed E-state index contributed by atoms with van der Waals surface area (Å²) in [4.78, 5) is 19.6. The summed E-state index contributed by atoms with van der Waals surface area (Å²) in [6, 6.07) is 6.55. The van der Waals surface area contributed by atoms with E-state index in [1.54, 1.807) is 24.3 Å². The Hall–Kier alpha value is -1.79. The van der Waals surface area contributed by atoms with E-state index in [1.807, 2.05) is 0 Å². The van der Waals surface area contributed by atoms with Gasteiger partial charge >= 0.3 is 6.03 Å². The van der Waals surface area contributed by atoms with Crippen LogP contribution in [0.25, 0.3) is 0 Å². The fourth-order valence-corrected chi connectivity index (χ4v) is 1.06. The van der Waals surface area contributed by atoms with E-state index in [4.69, 9.17) is 0 Å². The van der Waals surface area contributed by atoms with Gasteiger partial charge in [-0.15, -0.1) is 0 Å². The summed E-state index contributed by atoms with van der Waals surface area (Å²) in [5.74, 6) is 0. The molecule has 84 valence electrons. The molecule has 2 N–H and O–H groups in total. The molecule has 2 amide bonds. The number of amides is 2. The fraction of sp³-hybridized carbons (Fsp3) is 0.100. The molecule has 0 saturated heterocycles. The second-order valence-electron chi connectivity index (χ2n) is 2.72. The van der Waals surface area contributed by atoms with Gasteiger partial charge in [0.2, 0.25) is 0 Å². The van der Waals surface area contributed by atoms with Gasteiger partial charge in [-0.3, -0.25) is 9.83 Å². The number of aliphatic imine (C=N–C) groups is 1. The fourth-order valence-electron chi connectivity index (χ4n) is 0.997. The summed E-state index contributed by atoms with van der Waals surface area (Å²) < 4.78 is 0. The molecular formula is C10H11N3O2S. The van der Waals surface area contributed by atoms with Gasteiger partial charge in [0.25, 0.3) is 0 Å². The van der Waals surface area contributed by atoms with Gasteiger partial charge in [-0.2, -0.15) is 0 Å². The predicted octanol–water partition coefficient (Wildman–Crippen LogP) is 2.07. The first-order valence-electron chi connectivity index (χ1n) is 4.44. The van der Waals surface area contributed by atoms with Gasteiger partial charge in [-0.1, -0.05) is 12.2 Å². The summed E-state index contributed by atoms with van der Waals surface area (Å²) in [6.45, 7) is 0. The first-order chi connectivity index (χ1) is 7.76. The molecule has 5 nitrogen and oxygen atoms in total. The number of thiocarbonyl (C=S) groups is 1. The lowest BCUT2D eigenvalue weighted by Gasteiger charge is -2.05. The quantitative estimate of drug-likeness (QED) is 0.478. The lowest BCUT2D eigenvalue weighted by molar-refractivity contribution is 0.114. The zero-order chi connectivity index (χ0) is 11.8. The third kappa shape index (κ3) is 4.16. The van der Waals surface area contributed by atoms with Gasteiger partial charge in [0.1, 0.15) is 0 Å². The Morgan fingerprint density at radius 1 is 1.44 bits per heavy atom. The first kappa shape index (κ1) is 12.3. The van der Waals surface area contributed by atoms with Gasteiger partial charge in [0, 0.05) is 17.3 Å². The molecule has 1 aromatic carbocycles. The van der Waals surface area contributed by atoms with Gasteiger partial charge in [-0.05, 0) is 24.3 Å². The third-order valence-corrected chi connectivity index (χ3v) is 1.73. The molecule has 0 aliphatic heterocycles. The van der Waals surface area contributed by atoms with Crippen molar-refractivity contribution in [3.05, 3.63) is 24.3 Å². The summed E-state index contributed by atoms with van der Waals surface area (Å²) >= 11 is 4.61. The van der Waals surface area contributed by atoms with E-state index in [-0.39, 0.29) is 0 Å². The molecule has 1 rings (SSSR count). The summed E-state index contributed by atoms with van der Waals surface area (Å²) in [5.41, 5.74) is 3.56. The van der Waals surface area contributed by atoms with Crippen LogP contribution in [0.3, 0.4) is 0 Å². The van der Waals surface area contributed by atoms with Crippen LogP contribution in [-0.4, -0.2) is 24.7 Å². The molecule has 16 heavy (non-hydrogen) atoms. The van der Waals surface area contributed by atoms with Crippen LogP contribution >= 0.6 is 12.2 Å². The molecular weight excluding hydrogens is 226 g/mol. The van der Waals surface area contributed by atoms with Crippen LogP contribution in [0.2, 0.25) is 0 Å². The molecule has 0 bridgehead atoms. The van der Waals surface area contributed by atoms with Crippen LogP contribution in [0, 0.1) is 0 Å². The van der Waals surface area contributed by atoms with Crippen molar-refractivity contribution in [1.82, 2.24) is 5.48 Å². The van der Waals surface area contributed by atoms with E-state index in [0.717, 1.165) is 5.69 Å². The summed E-state index contributed by atoms with van der Waals surface area (Å²) in [5, 5.41) is 4.00. The smallest absolute Gasteiger partial charge is 0.306 e. The largest absolute Gasteiger partial charge is 0.343 e. The molecule has 0 radical (unpaired) electrons. The number of hydrogen-bond acceptors (Lipinski definition) is 4. The highest BCUT2D eigenvalue weighted by molar-refractivity contribution is 7.80. The maximum absolute atomic E-state index is 11.1. The molecule has 0 aliphatic carbocycles. The summed E-state index contributed by atoms with van der Waals surface area (Å²) in [7, 11) is 1.36. The van der Waals surface area contributed by atoms with Crippen LogP contribution in [0.4, 0.5) is 16.2 Å². The monoisotopic (exact) mass is 237 g/mol. The number of carbonyl (C=O) groups is 1. The zero-order valence-electron chi connectivity index (χ0n) is 8.64. The Morgan fingerprint density at radius 2 is 2.12 bits per heavy atom. The molecule has 0 fully saturated rings. The second-order valence-corrected chi connectivity index (χ2v) is 2.99. The maximum atomic E-state index is 11.1. The number of hydrogen-bond donors (Lipinski definition) is 2. The number of urea groups is 1. The number of benzene rings is 1. The van der Waals surface area contributed by atoms with E-state index in [9.17, 15) is 4.79 Å². The zero-order valence-corrected chi connectivity index (χ0v) is 9.45. The van der Waals surface area contributed by atoms with Crippen molar-refractivity contribution >= 4 is 41.2 Å². The Morgan fingerprint density at radius 3 is 2.69 bits per heavy atom. The van der Waals surface area contributed by atoms with Crippen LogP contribution in [0.15, 0.2) is 29.3 Å². The van der Waals surface area contributed by atoms with Gasteiger partial charge in [0.15, 0.2) is 0 Å². The molecule has 0 heterocycles. The standard InChI is InChI=1S/C10H11N3O2S/c1-15-13-10(14)12-9-4-2-8(3-5-9)11-6-7-16/h2-7H,1H3,(H2,12,13,14). The lowest BCUT2D eigenvalue weighted by atomic mass is 10.3. The molecule has 0 spiro atoms. The average Bonchev–Trinajstić information content (AvgIpc) is 2.28. The normalized spacial score (nSPS) is 10.1. The van der Waals surface area contributed by atoms with Crippen LogP contribution < -0.4 is 10.8 Å². The molecule has 6 heteroatoms. The van der Waals surface area contributed by atoms with Crippen molar-refractivity contribution in [2.24, 2.45) is 4.99 Å². The number of hydroxylamine groups is 1. The highest BCUT2D eigenvalue weighted by atomic mass is 32.1. The Bertz CT molecular complexity index is 390. The Kier molecular flexibility index (Phi) is 5.10. The number of anilines is 1. The average molecular weight is 237 g/mol. The predicted molar refractivity (Wildman–Crippen MR) is 67.4 cm³/mol. The first-order valence-corrected chi connectivity index (χ1v) is 4.91. The lowest BCUT2D eigenvalue weighted by Crippen LogP contribution is -2.27. The molecule has 0 aliphatic rings. The maximum Gasteiger partial charge on any atom is 0.343 e. The molecule has 0 saturated carbocycles. The molecule has 0 aromatic heterocycles. The topological polar surface area (TPSA) is 62.7 Å². The van der Waals surface area contributed by atoms with E-state index < -0.39 is 6.03 Å². The van der Waals surface area contributed by atoms with Crippen molar-refractivity contribution in [2.45, 2.75) is 0 Å². The van der Waals surface area contributed by atoms with E-state index >= 15 is 0 Å². The Balaban J connectivity index is 2.60. The van der Waals surface area contributed by atoms with Gasteiger partial charge in [0.05, 0.1) is 12.8 Å². The number of nitrogens with zero attached hydrogens (tertiary/aromatic N) is 1. The molecule has 0 unspecified atom stereocenters. The third-order valence-electron chi connectivity index (χ3n) is 1.60. The number of rotatable bonds is 4. The SMILES string of the molecule is CONC(=O)Nc1ccc(N=CC=S)cc1. The Labute approximate surface area is 98.5 Å². The van der Waals surface area contributed by atoms with Crippen LogP contribution in [0.1, 0.15) is 0 Å². The van der Waals surface area contributed by atoms with Crippen molar-refractivity contribution in [1.29, 1.82) is 0 Å². The highest BCUT2D eigenvalue weighted by Crippen LogP contribution is 2.15. The number of carbonyl (C=O) groups excluding carboxylic acids is 1. The molecule has 0 atom stereocenters. The van der Waals surface area contributed by atoms with Crippen molar-refractivity contribution in [3.63, 3.8) is 0 Å². The van der Waals surface area contributed by atoms with E-state index in [0.29, 0.717) is 5.69 Å². The van der Waals surface area contributed by atoms with E-state index in [2.05, 4.69) is 32.8 Å². The van der Waals surface area contributed by atoms with Crippen molar-refractivity contribution < 1.29 is 9.63 Å². The van der Waals surface area contributed by atoms with E-state index in [1.165, 1.54) is 18.7 Å². The minimum atomic E-state index is -0.433. The minimum absolute atomic E-state index is 0.433. The van der Waals surface area contributed by atoms with Crippen molar-refractivity contribution in [2.75, 3.05) is 12.4 Å². The highest BCUT2D eigenvalue weighted by Gasteiger charge is 1.99. The number of nitrogens with one attached hydrogen (secondary N) is 2. The van der Waals surface area contributed by atoms with Crippen LogP contribution in [0.5, 0.6) is 0 Å². The van der Waals surface area contributed by atoms with Gasteiger partial charge in [-0.25, -0.2) is 10.3 Å².